The molecule has 0 heterocycles. The van der Waals surface area contributed by atoms with Crippen LogP contribution in [0.1, 0.15) is 44.7 Å². The number of ether oxygens (including phenoxy) is 1. The minimum absolute atomic E-state index is 0.0144. The average Bonchev–Trinajstić information content (AvgIpc) is 2.96. The van der Waals surface area contributed by atoms with Crippen molar-refractivity contribution >= 4 is 39.1 Å². The third-order valence-corrected chi connectivity index (χ3v) is 8.76. The van der Waals surface area contributed by atoms with Crippen LogP contribution >= 0.6 is 11.6 Å². The lowest BCUT2D eigenvalue weighted by Crippen LogP contribution is -2.51. The van der Waals surface area contributed by atoms with Gasteiger partial charge in [-0.1, -0.05) is 49.2 Å². The molecule has 0 radical (unpaired) electrons. The number of carbonyl (C=O) groups excluding carboxylic acids is 2. The lowest BCUT2D eigenvalue weighted by molar-refractivity contribution is -0.139. The molecule has 10 heteroatoms. The number of carbonyl (C=O) groups is 2. The van der Waals surface area contributed by atoms with Gasteiger partial charge >= 0.3 is 0 Å². The molecule has 8 nitrogen and oxygen atoms in total. The Labute approximate surface area is 248 Å². The zero-order chi connectivity index (χ0) is 30.0. The van der Waals surface area contributed by atoms with Crippen LogP contribution in [0.5, 0.6) is 5.75 Å². The first kappa shape index (κ1) is 32.0. The molecule has 3 aromatic carbocycles. The van der Waals surface area contributed by atoms with Gasteiger partial charge in [0, 0.05) is 18.1 Å². The number of hydrogen-bond donors (Lipinski definition) is 1. The fraction of sp³-hybridized carbons (Fsp3) is 0.355. The molecule has 2 amide bonds. The molecule has 3 rings (SSSR count). The van der Waals surface area contributed by atoms with Crippen molar-refractivity contribution in [1.82, 2.24) is 10.2 Å². The molecule has 0 saturated carbocycles. The monoisotopic (exact) mass is 599 g/mol. The zero-order valence-electron chi connectivity index (χ0n) is 24.0. The molecule has 0 unspecified atom stereocenters. The van der Waals surface area contributed by atoms with Gasteiger partial charge in [-0.15, -0.1) is 0 Å². The lowest BCUT2D eigenvalue weighted by atomic mass is 10.1. The highest BCUT2D eigenvalue weighted by molar-refractivity contribution is 7.92. The number of benzene rings is 3. The van der Waals surface area contributed by atoms with Crippen LogP contribution in [-0.4, -0.2) is 50.9 Å². The summed E-state index contributed by atoms with van der Waals surface area (Å²) in [7, 11) is -4.18. The second-order valence-electron chi connectivity index (χ2n) is 9.66. The second-order valence-corrected chi connectivity index (χ2v) is 12.0. The molecular formula is C31H38ClN3O5S. The number of nitrogens with zero attached hydrogens (tertiary/aromatic N) is 2. The molecule has 0 aliphatic heterocycles. The van der Waals surface area contributed by atoms with Crippen LogP contribution in [0.25, 0.3) is 0 Å². The summed E-state index contributed by atoms with van der Waals surface area (Å²) in [4.78, 5) is 28.5. The lowest BCUT2D eigenvalue weighted by Gasteiger charge is -2.32. The maximum atomic E-state index is 14.0. The number of rotatable bonds is 14. The Morgan fingerprint density at radius 2 is 1.63 bits per heavy atom. The van der Waals surface area contributed by atoms with Crippen molar-refractivity contribution in [1.29, 1.82) is 0 Å². The maximum Gasteiger partial charge on any atom is 0.264 e. The summed E-state index contributed by atoms with van der Waals surface area (Å²) in [5.41, 5.74) is 2.11. The largest absolute Gasteiger partial charge is 0.494 e. The number of unbranched alkanes of at least 4 members (excludes halogenated alkanes) is 1. The molecule has 0 bridgehead atoms. The minimum Gasteiger partial charge on any atom is -0.494 e. The molecule has 0 aromatic heterocycles. The normalized spacial score (nSPS) is 11.9. The Kier molecular flexibility index (Phi) is 11.6. The Morgan fingerprint density at radius 3 is 2.24 bits per heavy atom. The van der Waals surface area contributed by atoms with Crippen LogP contribution in [-0.2, 0) is 26.2 Å². The topological polar surface area (TPSA) is 96.0 Å². The average molecular weight is 600 g/mol. The fourth-order valence-corrected chi connectivity index (χ4v) is 5.77. The highest BCUT2D eigenvalue weighted by atomic mass is 35.5. The van der Waals surface area contributed by atoms with E-state index in [1.807, 2.05) is 45.0 Å². The molecule has 220 valence electrons. The summed E-state index contributed by atoms with van der Waals surface area (Å²) in [6.45, 7) is 8.05. The van der Waals surface area contributed by atoms with Crippen LogP contribution in [0, 0.1) is 6.92 Å². The molecule has 0 saturated heterocycles. The van der Waals surface area contributed by atoms with Crippen LogP contribution in [0.15, 0.2) is 77.7 Å². The highest BCUT2D eigenvalue weighted by Crippen LogP contribution is 2.27. The van der Waals surface area contributed by atoms with Gasteiger partial charge in [0.25, 0.3) is 10.0 Å². The highest BCUT2D eigenvalue weighted by Gasteiger charge is 2.32. The summed E-state index contributed by atoms with van der Waals surface area (Å²) in [5.74, 6) is -0.239. The Balaban J connectivity index is 2.01. The van der Waals surface area contributed by atoms with Gasteiger partial charge in [0.15, 0.2) is 0 Å². The van der Waals surface area contributed by atoms with Gasteiger partial charge < -0.3 is 15.0 Å². The van der Waals surface area contributed by atoms with E-state index in [2.05, 4.69) is 5.32 Å². The van der Waals surface area contributed by atoms with Crippen molar-refractivity contribution in [3.05, 3.63) is 88.9 Å². The minimum atomic E-state index is -4.18. The fourth-order valence-electron chi connectivity index (χ4n) is 4.23. The molecule has 1 N–H and O–H groups in total. The maximum absolute atomic E-state index is 14.0. The molecular weight excluding hydrogens is 562 g/mol. The van der Waals surface area contributed by atoms with Crippen LogP contribution in [0.2, 0.25) is 5.02 Å². The quantitative estimate of drug-likeness (QED) is 0.244. The van der Waals surface area contributed by atoms with Gasteiger partial charge in [0.2, 0.25) is 11.8 Å². The summed E-state index contributed by atoms with van der Waals surface area (Å²) < 4.78 is 34.4. The van der Waals surface area contributed by atoms with E-state index in [-0.39, 0.29) is 23.0 Å². The number of halogens is 1. The van der Waals surface area contributed by atoms with Gasteiger partial charge in [0.1, 0.15) is 18.3 Å². The van der Waals surface area contributed by atoms with E-state index in [9.17, 15) is 18.0 Å². The van der Waals surface area contributed by atoms with Crippen molar-refractivity contribution in [3.63, 3.8) is 0 Å². The van der Waals surface area contributed by atoms with Gasteiger partial charge in [-0.3, -0.25) is 13.9 Å². The summed E-state index contributed by atoms with van der Waals surface area (Å²) in [6.07, 6.45) is 1.73. The molecule has 3 aromatic rings. The number of nitrogens with one attached hydrogen (secondary N) is 1. The summed E-state index contributed by atoms with van der Waals surface area (Å²) in [6, 6.07) is 19.0. The first-order valence-electron chi connectivity index (χ1n) is 13.7. The van der Waals surface area contributed by atoms with E-state index >= 15 is 0 Å². The number of sulfonamides is 1. The number of hydrogen-bond acceptors (Lipinski definition) is 5. The Bertz CT molecular complexity index is 1410. The zero-order valence-corrected chi connectivity index (χ0v) is 25.5. The van der Waals surface area contributed by atoms with E-state index in [0.717, 1.165) is 28.3 Å². The SMILES string of the molecule is CCCCNC(=O)[C@@H](C)N(Cc1ccccc1C)C(=O)CN(c1ccc(OCC)cc1)S(=O)(=O)c1ccc(Cl)cc1. The third-order valence-electron chi connectivity index (χ3n) is 6.72. The van der Waals surface area contributed by atoms with Crippen LogP contribution in [0.3, 0.4) is 0 Å². The number of aryl methyl sites for hydroxylation is 1. The van der Waals surface area contributed by atoms with E-state index in [1.54, 1.807) is 31.2 Å². The van der Waals surface area contributed by atoms with E-state index in [0.29, 0.717) is 23.9 Å². The smallest absolute Gasteiger partial charge is 0.264 e. The molecule has 0 aliphatic carbocycles. The van der Waals surface area contributed by atoms with Crippen molar-refractivity contribution in [2.75, 3.05) is 24.0 Å². The Morgan fingerprint density at radius 1 is 0.976 bits per heavy atom. The first-order chi connectivity index (χ1) is 19.6. The van der Waals surface area contributed by atoms with Gasteiger partial charge in [-0.25, -0.2) is 8.42 Å². The first-order valence-corrected chi connectivity index (χ1v) is 15.5. The van der Waals surface area contributed by atoms with Gasteiger partial charge in [-0.2, -0.15) is 0 Å². The second kappa shape index (κ2) is 14.9. The number of anilines is 1. The molecule has 41 heavy (non-hydrogen) atoms. The standard InChI is InChI=1S/C31H38ClN3O5S/c1-5-7-20-33-31(37)24(4)34(21-25-11-9-8-10-23(25)3)30(36)22-35(27-14-16-28(17-15-27)40-6-2)41(38,39)29-18-12-26(32)13-19-29/h8-19,24H,5-7,20-22H2,1-4H3,(H,33,37)/t24-/m1/s1. The van der Waals surface area contributed by atoms with E-state index in [1.165, 1.54) is 29.2 Å². The molecule has 0 fully saturated rings. The Hall–Kier alpha value is -3.56. The summed E-state index contributed by atoms with van der Waals surface area (Å²) in [5, 5.41) is 3.28. The number of amides is 2. The summed E-state index contributed by atoms with van der Waals surface area (Å²) >= 11 is 6.01. The van der Waals surface area contributed by atoms with Crippen LogP contribution < -0.4 is 14.4 Å². The van der Waals surface area contributed by atoms with Crippen molar-refractivity contribution in [2.24, 2.45) is 0 Å². The molecule has 1 atom stereocenters. The predicted octanol–water partition coefficient (Wildman–Crippen LogP) is 5.58. The van der Waals surface area contributed by atoms with Crippen molar-refractivity contribution < 1.29 is 22.7 Å². The van der Waals surface area contributed by atoms with Gasteiger partial charge in [0.05, 0.1) is 17.2 Å². The van der Waals surface area contributed by atoms with Crippen molar-refractivity contribution in [3.8, 4) is 5.75 Å². The third kappa shape index (κ3) is 8.47. The van der Waals surface area contributed by atoms with Crippen LogP contribution in [0.4, 0.5) is 5.69 Å². The van der Waals surface area contributed by atoms with Crippen molar-refractivity contribution in [2.45, 2.75) is 58.0 Å². The molecule has 0 spiro atoms. The van der Waals surface area contributed by atoms with E-state index < -0.39 is 28.5 Å². The molecule has 0 aliphatic rings. The van der Waals surface area contributed by atoms with Gasteiger partial charge in [-0.05, 0) is 86.8 Å². The van der Waals surface area contributed by atoms with E-state index in [4.69, 9.17) is 16.3 Å². The predicted molar refractivity (Wildman–Crippen MR) is 163 cm³/mol.